The molecule has 2 aromatic carbocycles. The van der Waals surface area contributed by atoms with Crippen molar-refractivity contribution in [2.24, 2.45) is 0 Å². The van der Waals surface area contributed by atoms with E-state index in [9.17, 15) is 9.18 Å². The third-order valence-corrected chi connectivity index (χ3v) is 7.67. The number of H-pyrrole nitrogens is 1. The van der Waals surface area contributed by atoms with Crippen LogP contribution in [0.2, 0.25) is 5.02 Å². The van der Waals surface area contributed by atoms with Crippen LogP contribution in [-0.2, 0) is 6.54 Å². The number of rotatable bonds is 7. The summed E-state index contributed by atoms with van der Waals surface area (Å²) in [6, 6.07) is 6.15. The minimum absolute atomic E-state index is 0.0525. The Morgan fingerprint density at radius 2 is 1.86 bits per heavy atom. The molecule has 0 aliphatic heterocycles. The number of carbonyl (C=O) groups is 1. The highest BCUT2D eigenvalue weighted by Crippen LogP contribution is 2.34. The lowest BCUT2D eigenvalue weighted by molar-refractivity contribution is 0.0950. The number of halogens is 2. The standard InChI is InChI=1S/C27H35ClFN5O/c1-6-34(20-9-7-19(8-10-20)33(4)5)24-13-18(28)12-21(17(24)3)27(35)30-14-22-23(29)11-16(2)25-26(22)32-15-31-25/h11-13,15,19-20H,6-10,14H2,1-5H3,(H,30,35)(H,31,32)/t19-,20-. The molecule has 0 spiro atoms. The summed E-state index contributed by atoms with van der Waals surface area (Å²) < 4.78 is 14.7. The quantitative estimate of drug-likeness (QED) is 0.444. The van der Waals surface area contributed by atoms with Gasteiger partial charge < -0.3 is 20.1 Å². The summed E-state index contributed by atoms with van der Waals surface area (Å²) in [6.07, 6.45) is 6.08. The van der Waals surface area contributed by atoms with Gasteiger partial charge in [-0.05, 0) is 89.9 Å². The largest absolute Gasteiger partial charge is 0.369 e. The van der Waals surface area contributed by atoms with Crippen LogP contribution in [0.1, 0.15) is 59.7 Å². The molecule has 0 radical (unpaired) electrons. The van der Waals surface area contributed by atoms with Crippen molar-refractivity contribution in [2.75, 3.05) is 25.5 Å². The number of nitrogens with zero attached hydrogens (tertiary/aromatic N) is 3. The van der Waals surface area contributed by atoms with Gasteiger partial charge in [-0.3, -0.25) is 4.79 Å². The summed E-state index contributed by atoms with van der Waals surface area (Å²) in [7, 11) is 4.29. The Kier molecular flexibility index (Phi) is 7.67. The van der Waals surface area contributed by atoms with Crippen molar-refractivity contribution < 1.29 is 9.18 Å². The second-order valence-electron chi connectivity index (χ2n) is 9.77. The van der Waals surface area contributed by atoms with Gasteiger partial charge in [0.15, 0.2) is 0 Å². The van der Waals surface area contributed by atoms with Crippen molar-refractivity contribution in [1.82, 2.24) is 20.2 Å². The molecule has 0 unspecified atom stereocenters. The molecule has 1 heterocycles. The van der Waals surface area contributed by atoms with Crippen molar-refractivity contribution in [3.63, 3.8) is 0 Å². The zero-order valence-corrected chi connectivity index (χ0v) is 22.0. The number of hydrogen-bond acceptors (Lipinski definition) is 4. The third-order valence-electron chi connectivity index (χ3n) is 7.45. The Morgan fingerprint density at radius 3 is 2.51 bits per heavy atom. The average molecular weight is 500 g/mol. The normalized spacial score (nSPS) is 18.3. The first kappa shape index (κ1) is 25.5. The lowest BCUT2D eigenvalue weighted by Gasteiger charge is -2.40. The molecule has 8 heteroatoms. The molecule has 1 amide bonds. The van der Waals surface area contributed by atoms with Gasteiger partial charge >= 0.3 is 0 Å². The lowest BCUT2D eigenvalue weighted by Crippen LogP contribution is -2.42. The van der Waals surface area contributed by atoms with Gasteiger partial charge in [0, 0.05) is 47.0 Å². The minimum atomic E-state index is -0.367. The van der Waals surface area contributed by atoms with E-state index in [0.29, 0.717) is 39.3 Å². The number of benzene rings is 2. The Morgan fingerprint density at radius 1 is 1.17 bits per heavy atom. The first-order valence-corrected chi connectivity index (χ1v) is 12.7. The van der Waals surface area contributed by atoms with Gasteiger partial charge in [0.2, 0.25) is 0 Å². The second-order valence-corrected chi connectivity index (χ2v) is 10.2. The van der Waals surface area contributed by atoms with E-state index < -0.39 is 0 Å². The second kappa shape index (κ2) is 10.5. The predicted molar refractivity (Wildman–Crippen MR) is 141 cm³/mol. The number of hydrogen-bond donors (Lipinski definition) is 2. The van der Waals surface area contributed by atoms with Crippen molar-refractivity contribution >= 4 is 34.2 Å². The lowest BCUT2D eigenvalue weighted by atomic mass is 9.89. The first-order chi connectivity index (χ1) is 16.7. The first-order valence-electron chi connectivity index (χ1n) is 12.3. The molecule has 0 atom stereocenters. The van der Waals surface area contributed by atoms with E-state index in [1.54, 1.807) is 12.4 Å². The number of amides is 1. The van der Waals surface area contributed by atoms with Gasteiger partial charge in [-0.1, -0.05) is 11.6 Å². The highest BCUT2D eigenvalue weighted by molar-refractivity contribution is 6.31. The van der Waals surface area contributed by atoms with Crippen LogP contribution in [0.3, 0.4) is 0 Å². The number of aromatic amines is 1. The summed E-state index contributed by atoms with van der Waals surface area (Å²) in [5, 5.41) is 3.42. The Labute approximate surface area is 211 Å². The van der Waals surface area contributed by atoms with E-state index in [0.717, 1.165) is 49.0 Å². The van der Waals surface area contributed by atoms with Crippen LogP contribution in [-0.4, -0.2) is 53.5 Å². The number of carbonyl (C=O) groups excluding carboxylic acids is 1. The smallest absolute Gasteiger partial charge is 0.251 e. The molecule has 188 valence electrons. The van der Waals surface area contributed by atoms with Gasteiger partial charge in [0.1, 0.15) is 5.82 Å². The monoisotopic (exact) mass is 499 g/mol. The molecular formula is C27H35ClFN5O. The summed E-state index contributed by atoms with van der Waals surface area (Å²) in [6.45, 7) is 6.82. The molecule has 0 saturated heterocycles. The summed E-state index contributed by atoms with van der Waals surface area (Å²) >= 11 is 6.51. The van der Waals surface area contributed by atoms with Crippen LogP contribution in [0.5, 0.6) is 0 Å². The highest BCUT2D eigenvalue weighted by atomic mass is 35.5. The predicted octanol–water partition coefficient (Wildman–Crippen LogP) is 5.60. The van der Waals surface area contributed by atoms with Crippen molar-refractivity contribution in [3.05, 3.63) is 57.6 Å². The van der Waals surface area contributed by atoms with E-state index in [4.69, 9.17) is 11.6 Å². The summed E-state index contributed by atoms with van der Waals surface area (Å²) in [5.74, 6) is -0.639. The van der Waals surface area contributed by atoms with Crippen LogP contribution in [0.15, 0.2) is 24.5 Å². The topological polar surface area (TPSA) is 64.3 Å². The van der Waals surface area contributed by atoms with E-state index in [1.165, 1.54) is 6.07 Å². The average Bonchev–Trinajstić information content (AvgIpc) is 3.32. The Balaban J connectivity index is 1.56. The fraction of sp³-hybridized carbons (Fsp3) is 0.481. The third kappa shape index (κ3) is 5.16. The molecule has 1 aliphatic carbocycles. The maximum Gasteiger partial charge on any atom is 0.251 e. The van der Waals surface area contributed by atoms with Crippen molar-refractivity contribution in [3.8, 4) is 0 Å². The van der Waals surface area contributed by atoms with Crippen LogP contribution in [0.25, 0.3) is 11.0 Å². The van der Waals surface area contributed by atoms with E-state index in [1.807, 2.05) is 19.9 Å². The number of anilines is 1. The van der Waals surface area contributed by atoms with Crippen LogP contribution < -0.4 is 10.2 Å². The van der Waals surface area contributed by atoms with Gasteiger partial charge in [-0.25, -0.2) is 9.37 Å². The molecular weight excluding hydrogens is 465 g/mol. The molecule has 1 aliphatic rings. The van der Waals surface area contributed by atoms with E-state index in [2.05, 4.69) is 46.1 Å². The van der Waals surface area contributed by atoms with Crippen LogP contribution in [0.4, 0.5) is 10.1 Å². The number of imidazole rings is 1. The van der Waals surface area contributed by atoms with Gasteiger partial charge in [-0.15, -0.1) is 0 Å². The maximum atomic E-state index is 14.7. The van der Waals surface area contributed by atoms with Gasteiger partial charge in [0.05, 0.1) is 17.4 Å². The van der Waals surface area contributed by atoms with Gasteiger partial charge in [-0.2, -0.15) is 0 Å². The Bertz CT molecular complexity index is 1220. The fourth-order valence-electron chi connectivity index (χ4n) is 5.44. The molecule has 35 heavy (non-hydrogen) atoms. The van der Waals surface area contributed by atoms with Gasteiger partial charge in [0.25, 0.3) is 5.91 Å². The van der Waals surface area contributed by atoms with Crippen LogP contribution >= 0.6 is 11.6 Å². The number of nitrogens with one attached hydrogen (secondary N) is 2. The van der Waals surface area contributed by atoms with Crippen molar-refractivity contribution in [1.29, 1.82) is 0 Å². The summed E-state index contributed by atoms with van der Waals surface area (Å²) in [5.41, 5.74) is 4.86. The molecule has 3 aromatic rings. The molecule has 1 saturated carbocycles. The highest BCUT2D eigenvalue weighted by Gasteiger charge is 2.28. The molecule has 2 N–H and O–H groups in total. The fourth-order valence-corrected chi connectivity index (χ4v) is 5.65. The number of fused-ring (bicyclic) bond motifs is 1. The van der Waals surface area contributed by atoms with E-state index in [-0.39, 0.29) is 18.3 Å². The number of aromatic nitrogens is 2. The molecule has 1 aromatic heterocycles. The number of aryl methyl sites for hydroxylation is 1. The molecule has 6 nitrogen and oxygen atoms in total. The zero-order chi connectivity index (χ0) is 25.3. The SMILES string of the molecule is CCN(c1cc(Cl)cc(C(=O)NCc2c(F)cc(C)c3nc[nH]c23)c1C)[C@H]1CC[C@H](N(C)C)CC1. The Hall–Kier alpha value is -2.64. The molecule has 1 fully saturated rings. The zero-order valence-electron chi connectivity index (χ0n) is 21.2. The van der Waals surface area contributed by atoms with Crippen LogP contribution in [0, 0.1) is 19.7 Å². The minimum Gasteiger partial charge on any atom is -0.369 e. The molecule has 0 bridgehead atoms. The van der Waals surface area contributed by atoms with E-state index >= 15 is 0 Å². The maximum absolute atomic E-state index is 14.7. The van der Waals surface area contributed by atoms with Crippen molar-refractivity contribution in [2.45, 2.75) is 65.1 Å². The molecule has 4 rings (SSSR count). The summed E-state index contributed by atoms with van der Waals surface area (Å²) in [4.78, 5) is 25.2.